The van der Waals surface area contributed by atoms with Gasteiger partial charge in [0.15, 0.2) is 10.7 Å². The monoisotopic (exact) mass is 497 g/mol. The van der Waals surface area contributed by atoms with Crippen LogP contribution in [0, 0.1) is 32.5 Å². The molecule has 1 aliphatic rings. The Labute approximate surface area is 204 Å². The summed E-state index contributed by atoms with van der Waals surface area (Å²) in [5, 5.41) is 6.77. The predicted molar refractivity (Wildman–Crippen MR) is 133 cm³/mol. The molecule has 184 valence electrons. The largest absolute Gasteiger partial charge is 0.355 e. The molecule has 2 aromatic carbocycles. The van der Waals surface area contributed by atoms with Gasteiger partial charge in [0.25, 0.3) is 0 Å². The molecule has 1 aliphatic heterocycles. The van der Waals surface area contributed by atoms with Crippen LogP contribution >= 0.6 is 0 Å². The molecule has 0 bridgehead atoms. The van der Waals surface area contributed by atoms with Gasteiger partial charge < -0.3 is 9.84 Å². The molecule has 0 unspecified atom stereocenters. The number of benzene rings is 2. The number of aryl methyl sites for hydroxylation is 3. The predicted octanol–water partition coefficient (Wildman–Crippen LogP) is 4.95. The first-order valence-electron chi connectivity index (χ1n) is 11.4. The molecule has 3 aromatic rings. The summed E-state index contributed by atoms with van der Waals surface area (Å²) in [5.74, 6) is -0.780. The van der Waals surface area contributed by atoms with E-state index in [4.69, 9.17) is 4.52 Å². The minimum absolute atomic E-state index is 0.0388. The van der Waals surface area contributed by atoms with Gasteiger partial charge in [-0.25, -0.2) is 12.8 Å². The Morgan fingerprint density at radius 2 is 1.80 bits per heavy atom. The van der Waals surface area contributed by atoms with Crippen LogP contribution in [0.5, 0.6) is 0 Å². The highest BCUT2D eigenvalue weighted by molar-refractivity contribution is 7.89. The average Bonchev–Trinajstić information content (AvgIpc) is 3.22. The lowest BCUT2D eigenvalue weighted by Gasteiger charge is -2.30. The Morgan fingerprint density at radius 3 is 2.49 bits per heavy atom. The van der Waals surface area contributed by atoms with E-state index >= 15 is 0 Å². The van der Waals surface area contributed by atoms with Crippen molar-refractivity contribution < 1.29 is 22.1 Å². The van der Waals surface area contributed by atoms with E-state index in [0.29, 0.717) is 18.4 Å². The number of piperidine rings is 1. The topological polar surface area (TPSA) is 92.5 Å². The SMILES string of the molecule is Cc1ccc(NC(=O)C2CCN(S(=O)(=O)c3c(C)noc3/C=C/c3ccccc3F)CC2)cc1C. The zero-order valence-corrected chi connectivity index (χ0v) is 20.7. The highest BCUT2D eigenvalue weighted by Crippen LogP contribution is 2.30. The fourth-order valence-electron chi connectivity index (χ4n) is 4.13. The Bertz CT molecular complexity index is 1370. The molecular formula is C26H28FN3O4S. The standard InChI is InChI=1S/C26H28FN3O4S/c1-17-8-10-22(16-18(17)2)28-26(31)21-12-14-30(15-13-21)35(32,33)25-19(3)29-34-24(25)11-9-20-6-4-5-7-23(20)27/h4-11,16,21H,12-15H2,1-3H3,(H,28,31)/b11-9+. The van der Waals surface area contributed by atoms with Gasteiger partial charge in [0.2, 0.25) is 15.9 Å². The Morgan fingerprint density at radius 1 is 1.09 bits per heavy atom. The van der Waals surface area contributed by atoms with Crippen molar-refractivity contribution in [3.8, 4) is 0 Å². The maximum Gasteiger partial charge on any atom is 0.248 e. The number of amides is 1. The number of hydrogen-bond donors (Lipinski definition) is 1. The van der Waals surface area contributed by atoms with Crippen LogP contribution in [-0.4, -0.2) is 36.9 Å². The van der Waals surface area contributed by atoms with Crippen LogP contribution in [-0.2, 0) is 14.8 Å². The number of carbonyl (C=O) groups excluding carboxylic acids is 1. The van der Waals surface area contributed by atoms with Crippen LogP contribution in [0.1, 0.15) is 41.0 Å². The molecule has 4 rings (SSSR count). The third-order valence-electron chi connectivity index (χ3n) is 6.35. The molecule has 1 amide bonds. The minimum atomic E-state index is -3.91. The van der Waals surface area contributed by atoms with Crippen molar-refractivity contribution in [3.63, 3.8) is 0 Å². The lowest BCUT2D eigenvalue weighted by Crippen LogP contribution is -2.41. The van der Waals surface area contributed by atoms with Gasteiger partial charge in [0.1, 0.15) is 11.5 Å². The maximum atomic E-state index is 13.9. The molecule has 2 heterocycles. The van der Waals surface area contributed by atoms with Crippen molar-refractivity contribution in [1.29, 1.82) is 0 Å². The number of nitrogens with zero attached hydrogens (tertiary/aromatic N) is 2. The van der Waals surface area contributed by atoms with Crippen LogP contribution in [0.2, 0.25) is 0 Å². The molecule has 1 saturated heterocycles. The van der Waals surface area contributed by atoms with E-state index in [-0.39, 0.29) is 41.3 Å². The number of halogens is 1. The molecule has 1 fully saturated rings. The fourth-order valence-corrected chi connectivity index (χ4v) is 5.85. The van der Waals surface area contributed by atoms with Gasteiger partial charge in [-0.3, -0.25) is 4.79 Å². The molecule has 0 atom stereocenters. The normalized spacial score (nSPS) is 15.5. The highest BCUT2D eigenvalue weighted by atomic mass is 32.2. The van der Waals surface area contributed by atoms with E-state index in [1.165, 1.54) is 22.5 Å². The van der Waals surface area contributed by atoms with Gasteiger partial charge in [-0.2, -0.15) is 4.31 Å². The summed E-state index contributed by atoms with van der Waals surface area (Å²) in [5.41, 5.74) is 3.51. The number of hydrogen-bond acceptors (Lipinski definition) is 5. The van der Waals surface area contributed by atoms with E-state index < -0.39 is 15.8 Å². The summed E-state index contributed by atoms with van der Waals surface area (Å²) in [6.07, 6.45) is 3.67. The average molecular weight is 498 g/mol. The van der Waals surface area contributed by atoms with Gasteiger partial charge in [0, 0.05) is 30.3 Å². The summed E-state index contributed by atoms with van der Waals surface area (Å²) >= 11 is 0. The zero-order valence-electron chi connectivity index (χ0n) is 19.9. The lowest BCUT2D eigenvalue weighted by molar-refractivity contribution is -0.120. The maximum absolute atomic E-state index is 13.9. The first-order chi connectivity index (χ1) is 16.7. The number of nitrogens with one attached hydrogen (secondary N) is 1. The van der Waals surface area contributed by atoms with Gasteiger partial charge in [-0.15, -0.1) is 0 Å². The van der Waals surface area contributed by atoms with E-state index in [2.05, 4.69) is 10.5 Å². The molecule has 1 aromatic heterocycles. The zero-order chi connectivity index (χ0) is 25.2. The Kier molecular flexibility index (Phi) is 7.18. The van der Waals surface area contributed by atoms with Gasteiger partial charge in [-0.1, -0.05) is 29.4 Å². The third-order valence-corrected chi connectivity index (χ3v) is 8.41. The van der Waals surface area contributed by atoms with Crippen molar-refractivity contribution in [2.45, 2.75) is 38.5 Å². The van der Waals surface area contributed by atoms with Crippen LogP contribution in [0.3, 0.4) is 0 Å². The second-order valence-corrected chi connectivity index (χ2v) is 10.7. The van der Waals surface area contributed by atoms with E-state index in [1.807, 2.05) is 32.0 Å². The van der Waals surface area contributed by atoms with Crippen molar-refractivity contribution in [3.05, 3.63) is 76.4 Å². The molecule has 0 radical (unpaired) electrons. The number of aromatic nitrogens is 1. The van der Waals surface area contributed by atoms with E-state index in [0.717, 1.165) is 16.8 Å². The summed E-state index contributed by atoms with van der Waals surface area (Å²) in [6.45, 7) is 5.96. The van der Waals surface area contributed by atoms with E-state index in [1.54, 1.807) is 25.1 Å². The minimum Gasteiger partial charge on any atom is -0.355 e. The molecule has 9 heteroatoms. The Balaban J connectivity index is 1.45. The van der Waals surface area contributed by atoms with Crippen LogP contribution < -0.4 is 5.32 Å². The van der Waals surface area contributed by atoms with Gasteiger partial charge in [-0.05, 0) is 75.1 Å². The molecule has 0 aliphatic carbocycles. The van der Waals surface area contributed by atoms with Gasteiger partial charge >= 0.3 is 0 Å². The summed E-state index contributed by atoms with van der Waals surface area (Å²) in [4.78, 5) is 12.7. The van der Waals surface area contributed by atoms with Crippen LogP contribution in [0.4, 0.5) is 10.1 Å². The van der Waals surface area contributed by atoms with Crippen molar-refractivity contribution >= 4 is 33.8 Å². The van der Waals surface area contributed by atoms with E-state index in [9.17, 15) is 17.6 Å². The number of rotatable bonds is 6. The molecule has 35 heavy (non-hydrogen) atoms. The second kappa shape index (κ2) is 10.1. The molecule has 1 N–H and O–H groups in total. The lowest BCUT2D eigenvalue weighted by atomic mass is 9.97. The summed E-state index contributed by atoms with van der Waals surface area (Å²) < 4.78 is 47.4. The van der Waals surface area contributed by atoms with Crippen molar-refractivity contribution in [2.75, 3.05) is 18.4 Å². The molecule has 7 nitrogen and oxygen atoms in total. The van der Waals surface area contributed by atoms with Gasteiger partial charge in [0.05, 0.1) is 0 Å². The summed E-state index contributed by atoms with van der Waals surface area (Å²) in [7, 11) is -3.91. The molecule has 0 saturated carbocycles. The third kappa shape index (κ3) is 5.36. The van der Waals surface area contributed by atoms with Crippen LogP contribution in [0.15, 0.2) is 51.9 Å². The number of sulfonamides is 1. The second-order valence-electron chi connectivity index (χ2n) is 8.78. The molecule has 0 spiro atoms. The quantitative estimate of drug-likeness (QED) is 0.520. The first-order valence-corrected chi connectivity index (χ1v) is 12.9. The number of anilines is 1. The smallest absolute Gasteiger partial charge is 0.248 e. The Hall–Kier alpha value is -3.30. The number of carbonyl (C=O) groups is 1. The summed E-state index contributed by atoms with van der Waals surface area (Å²) in [6, 6.07) is 11.9. The van der Waals surface area contributed by atoms with Crippen molar-refractivity contribution in [2.24, 2.45) is 5.92 Å². The fraction of sp³-hybridized carbons (Fsp3) is 0.308. The highest BCUT2D eigenvalue weighted by Gasteiger charge is 2.36. The first kappa shape index (κ1) is 24.8. The molecular weight excluding hydrogens is 469 g/mol. The van der Waals surface area contributed by atoms with Crippen molar-refractivity contribution in [1.82, 2.24) is 9.46 Å². The van der Waals surface area contributed by atoms with Crippen LogP contribution in [0.25, 0.3) is 12.2 Å².